The van der Waals surface area contributed by atoms with E-state index in [2.05, 4.69) is 12.0 Å². The van der Waals surface area contributed by atoms with Crippen LogP contribution in [0.15, 0.2) is 36.5 Å². The van der Waals surface area contributed by atoms with Gasteiger partial charge in [0.2, 0.25) is 0 Å². The first-order valence-electron chi connectivity index (χ1n) is 7.21. The molecule has 3 aromatic rings. The van der Waals surface area contributed by atoms with Crippen LogP contribution in [-0.2, 0) is 11.2 Å². The molecule has 0 amide bonds. The van der Waals surface area contributed by atoms with Crippen LogP contribution in [-0.4, -0.2) is 21.7 Å². The van der Waals surface area contributed by atoms with E-state index in [-0.39, 0.29) is 12.1 Å². The third-order valence-corrected chi connectivity index (χ3v) is 3.50. The van der Waals surface area contributed by atoms with Gasteiger partial charge in [0.15, 0.2) is 0 Å². The molecule has 4 heteroatoms. The van der Waals surface area contributed by atoms with Gasteiger partial charge in [0.1, 0.15) is 0 Å². The third kappa shape index (κ3) is 2.27. The Morgan fingerprint density at radius 1 is 1.33 bits per heavy atom. The van der Waals surface area contributed by atoms with Gasteiger partial charge in [0.05, 0.1) is 23.4 Å². The maximum atomic E-state index is 12.4. The summed E-state index contributed by atoms with van der Waals surface area (Å²) in [5, 5.41) is 6.51. The number of hydrogen-bond acceptors (Lipinski definition) is 3. The van der Waals surface area contributed by atoms with Gasteiger partial charge in [-0.3, -0.25) is 0 Å². The molecule has 0 N–H and O–H groups in total. The fourth-order valence-electron chi connectivity index (χ4n) is 2.58. The normalized spacial score (nSPS) is 11.4. The summed E-state index contributed by atoms with van der Waals surface area (Å²) in [6.45, 7) is 5.76. The van der Waals surface area contributed by atoms with E-state index >= 15 is 0 Å². The highest BCUT2D eigenvalue weighted by molar-refractivity contribution is 6.07. The third-order valence-electron chi connectivity index (χ3n) is 3.50. The zero-order valence-corrected chi connectivity index (χ0v) is 12.5. The summed E-state index contributed by atoms with van der Waals surface area (Å²) < 4.78 is 7.22. The fourth-order valence-corrected chi connectivity index (χ4v) is 2.58. The molecule has 2 heterocycles. The summed E-state index contributed by atoms with van der Waals surface area (Å²) in [4.78, 5) is 12.4. The molecule has 0 saturated carbocycles. The summed E-state index contributed by atoms with van der Waals surface area (Å²) in [6.07, 6.45) is 2.50. The van der Waals surface area contributed by atoms with Gasteiger partial charge in [-0.15, -0.1) is 0 Å². The maximum Gasteiger partial charge on any atom is 0.340 e. The van der Waals surface area contributed by atoms with Crippen molar-refractivity contribution in [3.05, 3.63) is 47.8 Å². The van der Waals surface area contributed by atoms with E-state index in [4.69, 9.17) is 4.74 Å². The topological polar surface area (TPSA) is 43.6 Å². The Hall–Kier alpha value is -2.36. The number of esters is 1. The lowest BCUT2D eigenvalue weighted by molar-refractivity contribution is 0.0380. The maximum absolute atomic E-state index is 12.4. The van der Waals surface area contributed by atoms with Gasteiger partial charge in [-0.2, -0.15) is 5.10 Å². The highest BCUT2D eigenvalue weighted by Gasteiger charge is 2.19. The monoisotopic (exact) mass is 282 g/mol. The largest absolute Gasteiger partial charge is 0.459 e. The van der Waals surface area contributed by atoms with Crippen molar-refractivity contribution >= 4 is 22.3 Å². The Labute approximate surface area is 123 Å². The molecule has 0 spiro atoms. The van der Waals surface area contributed by atoms with Crippen LogP contribution in [0.1, 0.15) is 36.8 Å². The van der Waals surface area contributed by atoms with Gasteiger partial charge in [-0.05, 0) is 26.3 Å². The molecule has 1 aromatic carbocycles. The Balaban J connectivity index is 2.32. The quantitative estimate of drug-likeness (QED) is 0.689. The summed E-state index contributed by atoms with van der Waals surface area (Å²) in [5.74, 6) is -0.291. The number of nitrogens with zero attached hydrogens (tertiary/aromatic N) is 2. The lowest BCUT2D eigenvalue weighted by Gasteiger charge is -2.08. The van der Waals surface area contributed by atoms with Crippen LogP contribution >= 0.6 is 0 Å². The Bertz CT molecular complexity index is 818. The summed E-state index contributed by atoms with van der Waals surface area (Å²) in [7, 11) is 0. The second kappa shape index (κ2) is 5.20. The smallest absolute Gasteiger partial charge is 0.340 e. The zero-order valence-electron chi connectivity index (χ0n) is 12.5. The fraction of sp³-hybridized carbons (Fsp3) is 0.294. The zero-order chi connectivity index (χ0) is 15.0. The molecule has 0 atom stereocenters. The molecule has 0 fully saturated rings. The van der Waals surface area contributed by atoms with Gasteiger partial charge in [-0.25, -0.2) is 9.31 Å². The molecule has 0 unspecified atom stereocenters. The number of benzene rings is 1. The standard InChI is InChI=1S/C17H18N2O2/c1-4-13-9-15(17(20)21-11(2)3)16-14-8-6-5-7-12(14)10-18-19(13)16/h5-11H,4H2,1-3H3. The molecule has 2 aromatic heterocycles. The first kappa shape index (κ1) is 13.6. The number of carbonyl (C=O) groups is 1. The molecule has 3 rings (SSSR count). The van der Waals surface area contributed by atoms with E-state index in [9.17, 15) is 4.79 Å². The predicted molar refractivity (Wildman–Crippen MR) is 82.6 cm³/mol. The lowest BCUT2D eigenvalue weighted by atomic mass is 10.1. The molecular formula is C17H18N2O2. The van der Waals surface area contributed by atoms with Crippen molar-refractivity contribution in [1.82, 2.24) is 9.61 Å². The average Bonchev–Trinajstić information content (AvgIpc) is 2.85. The van der Waals surface area contributed by atoms with Gasteiger partial charge < -0.3 is 4.74 Å². The highest BCUT2D eigenvalue weighted by Crippen LogP contribution is 2.26. The molecule has 4 nitrogen and oxygen atoms in total. The molecule has 0 aliphatic rings. The minimum atomic E-state index is -0.291. The van der Waals surface area contributed by atoms with Crippen molar-refractivity contribution in [3.8, 4) is 0 Å². The van der Waals surface area contributed by atoms with Crippen molar-refractivity contribution < 1.29 is 9.53 Å². The minimum absolute atomic E-state index is 0.138. The Morgan fingerprint density at radius 2 is 2.10 bits per heavy atom. The number of ether oxygens (including phenoxy) is 1. The van der Waals surface area contributed by atoms with Crippen LogP contribution in [0.5, 0.6) is 0 Å². The second-order valence-electron chi connectivity index (χ2n) is 5.35. The van der Waals surface area contributed by atoms with Crippen molar-refractivity contribution in [2.45, 2.75) is 33.3 Å². The molecule has 0 saturated heterocycles. The van der Waals surface area contributed by atoms with E-state index in [1.807, 2.05) is 54.9 Å². The van der Waals surface area contributed by atoms with Crippen LogP contribution in [0.2, 0.25) is 0 Å². The number of fused-ring (bicyclic) bond motifs is 3. The van der Waals surface area contributed by atoms with Crippen molar-refractivity contribution in [3.63, 3.8) is 0 Å². The molecule has 0 aliphatic carbocycles. The molecular weight excluding hydrogens is 264 g/mol. The number of aryl methyl sites for hydroxylation is 1. The van der Waals surface area contributed by atoms with Crippen molar-refractivity contribution in [2.24, 2.45) is 0 Å². The molecule has 0 radical (unpaired) electrons. The Kier molecular flexibility index (Phi) is 3.37. The SMILES string of the molecule is CCc1cc(C(=O)OC(C)C)c2c3ccccc3cnn12. The van der Waals surface area contributed by atoms with Crippen LogP contribution in [0, 0.1) is 0 Å². The van der Waals surface area contributed by atoms with Crippen molar-refractivity contribution in [1.29, 1.82) is 0 Å². The number of rotatable bonds is 3. The first-order chi connectivity index (χ1) is 10.1. The van der Waals surface area contributed by atoms with Crippen LogP contribution < -0.4 is 0 Å². The van der Waals surface area contributed by atoms with Crippen LogP contribution in [0.3, 0.4) is 0 Å². The van der Waals surface area contributed by atoms with Crippen LogP contribution in [0.25, 0.3) is 16.3 Å². The number of hydrogen-bond donors (Lipinski definition) is 0. The molecule has 0 aliphatic heterocycles. The van der Waals surface area contributed by atoms with Gasteiger partial charge in [0, 0.05) is 16.5 Å². The molecule has 0 bridgehead atoms. The first-order valence-corrected chi connectivity index (χ1v) is 7.21. The summed E-state index contributed by atoms with van der Waals surface area (Å²) in [6, 6.07) is 9.84. The predicted octanol–water partition coefficient (Wildman–Crippen LogP) is 3.62. The molecule has 21 heavy (non-hydrogen) atoms. The van der Waals surface area contributed by atoms with E-state index in [0.717, 1.165) is 28.4 Å². The number of aromatic nitrogens is 2. The molecule has 108 valence electrons. The van der Waals surface area contributed by atoms with Gasteiger partial charge >= 0.3 is 5.97 Å². The van der Waals surface area contributed by atoms with E-state index < -0.39 is 0 Å². The van der Waals surface area contributed by atoms with Gasteiger partial charge in [0.25, 0.3) is 0 Å². The summed E-state index contributed by atoms with van der Waals surface area (Å²) >= 11 is 0. The van der Waals surface area contributed by atoms with Crippen molar-refractivity contribution in [2.75, 3.05) is 0 Å². The lowest BCUT2D eigenvalue weighted by Crippen LogP contribution is -2.11. The van der Waals surface area contributed by atoms with Crippen LogP contribution in [0.4, 0.5) is 0 Å². The van der Waals surface area contributed by atoms with Gasteiger partial charge in [-0.1, -0.05) is 31.2 Å². The minimum Gasteiger partial charge on any atom is -0.459 e. The second-order valence-corrected chi connectivity index (χ2v) is 5.35. The average molecular weight is 282 g/mol. The highest BCUT2D eigenvalue weighted by atomic mass is 16.5. The number of carbonyl (C=O) groups excluding carboxylic acids is 1. The van der Waals surface area contributed by atoms with E-state index in [0.29, 0.717) is 5.56 Å². The van der Waals surface area contributed by atoms with E-state index in [1.54, 1.807) is 0 Å². The Morgan fingerprint density at radius 3 is 2.81 bits per heavy atom. The van der Waals surface area contributed by atoms with E-state index in [1.165, 1.54) is 0 Å². The summed E-state index contributed by atoms with van der Waals surface area (Å²) in [5.41, 5.74) is 2.42.